The van der Waals surface area contributed by atoms with E-state index in [1.54, 1.807) is 24.3 Å². The highest BCUT2D eigenvalue weighted by Crippen LogP contribution is 2.33. The van der Waals surface area contributed by atoms with Gasteiger partial charge in [-0.3, -0.25) is 19.3 Å². The minimum atomic E-state index is -0.816. The summed E-state index contributed by atoms with van der Waals surface area (Å²) in [4.78, 5) is 50.2. The molecule has 27 heavy (non-hydrogen) atoms. The number of imide groups is 1. The topological polar surface area (TPSA) is 95.6 Å². The maximum absolute atomic E-state index is 12.7. The number of hydrogen-bond donors (Lipinski definition) is 2. The number of amides is 4. The van der Waals surface area contributed by atoms with Gasteiger partial charge in [0.05, 0.1) is 6.54 Å². The Labute approximate surface area is 158 Å². The summed E-state index contributed by atoms with van der Waals surface area (Å²) >= 11 is 0. The summed E-state index contributed by atoms with van der Waals surface area (Å²) in [5, 5.41) is 5.56. The van der Waals surface area contributed by atoms with Crippen LogP contribution in [0, 0.1) is 0 Å². The van der Waals surface area contributed by atoms with Gasteiger partial charge in [0.1, 0.15) is 5.54 Å². The van der Waals surface area contributed by atoms with Crippen LogP contribution in [0.1, 0.15) is 62.2 Å². The van der Waals surface area contributed by atoms with Gasteiger partial charge in [0, 0.05) is 17.7 Å². The van der Waals surface area contributed by atoms with Gasteiger partial charge in [0.2, 0.25) is 5.91 Å². The molecule has 0 bridgehead atoms. The molecule has 7 heteroatoms. The first-order valence-corrected chi connectivity index (χ1v) is 9.52. The van der Waals surface area contributed by atoms with Crippen molar-refractivity contribution < 1.29 is 19.2 Å². The molecule has 1 heterocycles. The Morgan fingerprint density at radius 2 is 1.78 bits per heavy atom. The van der Waals surface area contributed by atoms with Crippen molar-refractivity contribution in [2.45, 2.75) is 57.4 Å². The first kappa shape index (κ1) is 19.1. The molecule has 0 aromatic heterocycles. The molecule has 1 aromatic rings. The van der Waals surface area contributed by atoms with Crippen molar-refractivity contribution in [3.05, 3.63) is 29.8 Å². The zero-order chi connectivity index (χ0) is 19.4. The monoisotopic (exact) mass is 371 g/mol. The summed E-state index contributed by atoms with van der Waals surface area (Å²) in [6.45, 7) is 1.66. The second-order valence-electron chi connectivity index (χ2n) is 7.26. The van der Waals surface area contributed by atoms with Crippen LogP contribution in [0.5, 0.6) is 0 Å². The second kappa shape index (κ2) is 7.90. The molecular formula is C20H25N3O4. The smallest absolute Gasteiger partial charge is 0.325 e. The molecule has 3 rings (SSSR count). The number of urea groups is 1. The van der Waals surface area contributed by atoms with Gasteiger partial charge in [0.25, 0.3) is 5.91 Å². The van der Waals surface area contributed by atoms with Gasteiger partial charge < -0.3 is 10.6 Å². The lowest BCUT2D eigenvalue weighted by Crippen LogP contribution is -2.48. The zero-order valence-electron chi connectivity index (χ0n) is 15.5. The molecule has 2 aliphatic rings. The third-order valence-corrected chi connectivity index (χ3v) is 5.22. The van der Waals surface area contributed by atoms with Crippen LogP contribution in [-0.2, 0) is 9.59 Å². The van der Waals surface area contributed by atoms with Crippen molar-refractivity contribution in [1.82, 2.24) is 10.2 Å². The lowest BCUT2D eigenvalue weighted by Gasteiger charge is -2.30. The molecule has 1 aliphatic carbocycles. The van der Waals surface area contributed by atoms with E-state index in [0.29, 0.717) is 30.5 Å². The number of carbonyl (C=O) groups is 4. The summed E-state index contributed by atoms with van der Waals surface area (Å²) in [5.74, 6) is -0.671. The maximum Gasteiger partial charge on any atom is 0.325 e. The number of nitrogens with one attached hydrogen (secondary N) is 2. The highest BCUT2D eigenvalue weighted by Gasteiger charge is 2.51. The second-order valence-corrected chi connectivity index (χ2v) is 7.26. The van der Waals surface area contributed by atoms with Crippen LogP contribution in [-0.4, -0.2) is 40.6 Å². The van der Waals surface area contributed by atoms with E-state index in [-0.39, 0.29) is 24.1 Å². The van der Waals surface area contributed by atoms with Crippen LogP contribution in [0.2, 0.25) is 0 Å². The van der Waals surface area contributed by atoms with Crippen molar-refractivity contribution in [3.63, 3.8) is 0 Å². The Morgan fingerprint density at radius 1 is 1.11 bits per heavy atom. The van der Waals surface area contributed by atoms with E-state index in [1.165, 1.54) is 0 Å². The predicted octanol–water partition coefficient (Wildman–Crippen LogP) is 2.86. The number of carbonyl (C=O) groups excluding carboxylic acids is 4. The van der Waals surface area contributed by atoms with Gasteiger partial charge in [-0.2, -0.15) is 0 Å². The van der Waals surface area contributed by atoms with Crippen molar-refractivity contribution in [1.29, 1.82) is 0 Å². The van der Waals surface area contributed by atoms with Crippen molar-refractivity contribution >= 4 is 29.3 Å². The largest absolute Gasteiger partial charge is 0.326 e. The molecule has 2 fully saturated rings. The lowest BCUT2D eigenvalue weighted by atomic mass is 9.82. The molecule has 1 saturated heterocycles. The van der Waals surface area contributed by atoms with Crippen LogP contribution >= 0.6 is 0 Å². The number of rotatable bonds is 6. The average molecular weight is 371 g/mol. The molecule has 2 N–H and O–H groups in total. The molecule has 1 aromatic carbocycles. The first-order chi connectivity index (χ1) is 12.9. The number of Topliss-reactive ketones (excluding diaryl/α,β-unsaturated/α-hetero) is 1. The van der Waals surface area contributed by atoms with E-state index in [4.69, 9.17) is 0 Å². The number of ketones is 1. The molecule has 144 valence electrons. The summed E-state index contributed by atoms with van der Waals surface area (Å²) in [6, 6.07) is 6.00. The van der Waals surface area contributed by atoms with Crippen LogP contribution < -0.4 is 10.6 Å². The van der Waals surface area contributed by atoms with Crippen LogP contribution in [0.3, 0.4) is 0 Å². The lowest BCUT2D eigenvalue weighted by molar-refractivity contribution is -0.132. The van der Waals surface area contributed by atoms with Crippen LogP contribution in [0.25, 0.3) is 0 Å². The summed E-state index contributed by atoms with van der Waals surface area (Å²) < 4.78 is 0. The number of hydrogen-bond acceptors (Lipinski definition) is 4. The molecular weight excluding hydrogens is 346 g/mol. The van der Waals surface area contributed by atoms with E-state index >= 15 is 0 Å². The number of nitrogens with zero attached hydrogens (tertiary/aromatic N) is 1. The average Bonchev–Trinajstić information content (AvgIpc) is 2.87. The van der Waals surface area contributed by atoms with E-state index < -0.39 is 11.6 Å². The van der Waals surface area contributed by atoms with E-state index in [2.05, 4.69) is 10.6 Å². The van der Waals surface area contributed by atoms with Gasteiger partial charge in [0.15, 0.2) is 5.78 Å². The number of benzene rings is 1. The van der Waals surface area contributed by atoms with Gasteiger partial charge in [-0.05, 0) is 43.5 Å². The zero-order valence-corrected chi connectivity index (χ0v) is 15.5. The Balaban J connectivity index is 1.64. The van der Waals surface area contributed by atoms with Gasteiger partial charge in [-0.25, -0.2) is 4.79 Å². The predicted molar refractivity (Wildman–Crippen MR) is 100 cm³/mol. The molecule has 1 spiro atoms. The maximum atomic E-state index is 12.7. The van der Waals surface area contributed by atoms with Gasteiger partial charge in [-0.1, -0.05) is 26.2 Å². The highest BCUT2D eigenvalue weighted by atomic mass is 16.2. The fourth-order valence-corrected chi connectivity index (χ4v) is 3.74. The minimum Gasteiger partial charge on any atom is -0.326 e. The molecule has 1 aliphatic heterocycles. The van der Waals surface area contributed by atoms with Crippen molar-refractivity contribution in [2.75, 3.05) is 11.9 Å². The normalized spacial score (nSPS) is 18.5. The van der Waals surface area contributed by atoms with E-state index in [1.807, 2.05) is 6.92 Å². The van der Waals surface area contributed by atoms with Gasteiger partial charge >= 0.3 is 6.03 Å². The molecule has 0 radical (unpaired) electrons. The van der Waals surface area contributed by atoms with Crippen molar-refractivity contribution in [2.24, 2.45) is 0 Å². The number of anilines is 1. The van der Waals surface area contributed by atoms with Crippen LogP contribution in [0.4, 0.5) is 10.5 Å². The Morgan fingerprint density at radius 3 is 2.41 bits per heavy atom. The third-order valence-electron chi connectivity index (χ3n) is 5.22. The van der Waals surface area contributed by atoms with E-state index in [0.717, 1.165) is 30.6 Å². The van der Waals surface area contributed by atoms with Gasteiger partial charge in [-0.15, -0.1) is 0 Å². The van der Waals surface area contributed by atoms with Crippen molar-refractivity contribution in [3.8, 4) is 0 Å². The molecule has 4 amide bonds. The SMILES string of the molecule is CCCC(=O)Nc1ccc(C(=O)CN2C(=O)NC3(CCCCC3)C2=O)cc1. The fraction of sp³-hybridized carbons (Fsp3) is 0.500. The van der Waals surface area contributed by atoms with Crippen LogP contribution in [0.15, 0.2) is 24.3 Å². The Hall–Kier alpha value is -2.70. The quantitative estimate of drug-likeness (QED) is 0.594. The summed E-state index contributed by atoms with van der Waals surface area (Å²) in [6.07, 6.45) is 5.33. The first-order valence-electron chi connectivity index (χ1n) is 9.52. The minimum absolute atomic E-state index is 0.0753. The standard InChI is InChI=1S/C20H25N3O4/c1-2-6-17(25)21-15-9-7-14(8-10-15)16(24)13-23-18(26)20(22-19(23)27)11-4-3-5-12-20/h7-10H,2-6,11-13H2,1H3,(H,21,25)(H,22,27). The molecule has 1 saturated carbocycles. The summed E-state index contributed by atoms with van der Waals surface area (Å²) in [5.41, 5.74) is 0.193. The Kier molecular flexibility index (Phi) is 5.58. The molecule has 0 atom stereocenters. The fourth-order valence-electron chi connectivity index (χ4n) is 3.74. The highest BCUT2D eigenvalue weighted by molar-refractivity contribution is 6.11. The van der Waals surface area contributed by atoms with E-state index in [9.17, 15) is 19.2 Å². The molecule has 0 unspecified atom stereocenters. The summed E-state index contributed by atoms with van der Waals surface area (Å²) in [7, 11) is 0. The molecule has 7 nitrogen and oxygen atoms in total. The Bertz CT molecular complexity index is 751. The third kappa shape index (κ3) is 4.02.